The van der Waals surface area contributed by atoms with Gasteiger partial charge in [-0.2, -0.15) is 0 Å². The Hall–Kier alpha value is -3.80. The van der Waals surface area contributed by atoms with Crippen molar-refractivity contribution in [2.24, 2.45) is 0 Å². The molecule has 3 aromatic rings. The van der Waals surface area contributed by atoms with Gasteiger partial charge in [0.25, 0.3) is 5.91 Å². The largest absolute Gasteiger partial charge is 0.457 e. The van der Waals surface area contributed by atoms with E-state index in [1.54, 1.807) is 24.3 Å². The van der Waals surface area contributed by atoms with Gasteiger partial charge in [-0.3, -0.25) is 9.59 Å². The highest BCUT2D eigenvalue weighted by molar-refractivity contribution is 5.96. The van der Waals surface area contributed by atoms with Crippen molar-refractivity contribution in [2.75, 3.05) is 23.7 Å². The molecule has 0 aliphatic rings. The van der Waals surface area contributed by atoms with Crippen LogP contribution in [0.3, 0.4) is 0 Å². The minimum Gasteiger partial charge on any atom is -0.457 e. The first kappa shape index (κ1) is 20.9. The fourth-order valence-corrected chi connectivity index (χ4v) is 2.70. The maximum absolute atomic E-state index is 12.2. The van der Waals surface area contributed by atoms with Crippen LogP contribution < -0.4 is 20.7 Å². The third-order valence-corrected chi connectivity index (χ3v) is 4.25. The monoisotopic (exact) mass is 403 g/mol. The van der Waals surface area contributed by atoms with Crippen LogP contribution in [0.4, 0.5) is 11.4 Å². The van der Waals surface area contributed by atoms with Crippen LogP contribution >= 0.6 is 0 Å². The van der Waals surface area contributed by atoms with Crippen molar-refractivity contribution in [3.63, 3.8) is 0 Å². The molecule has 6 nitrogen and oxygen atoms in total. The number of amides is 2. The molecule has 0 radical (unpaired) electrons. The van der Waals surface area contributed by atoms with Crippen molar-refractivity contribution < 1.29 is 14.3 Å². The van der Waals surface area contributed by atoms with Crippen LogP contribution in [0.2, 0.25) is 0 Å². The number of nitrogens with one attached hydrogen (secondary N) is 3. The fourth-order valence-electron chi connectivity index (χ4n) is 2.70. The molecule has 0 spiro atoms. The van der Waals surface area contributed by atoms with E-state index in [2.05, 4.69) is 16.0 Å². The molecule has 0 saturated carbocycles. The minimum atomic E-state index is -0.178. The van der Waals surface area contributed by atoms with Gasteiger partial charge in [0, 0.05) is 23.5 Å². The molecule has 3 N–H and O–H groups in total. The third-order valence-electron chi connectivity index (χ3n) is 4.25. The summed E-state index contributed by atoms with van der Waals surface area (Å²) in [5.74, 6) is 1.20. The van der Waals surface area contributed by atoms with Crippen molar-refractivity contribution in [2.45, 2.75) is 13.3 Å². The number of hydrogen-bond donors (Lipinski definition) is 3. The highest BCUT2D eigenvalue weighted by Crippen LogP contribution is 2.22. The Morgan fingerprint density at radius 1 is 0.800 bits per heavy atom. The number of para-hydroxylation sites is 1. The van der Waals surface area contributed by atoms with Crippen molar-refractivity contribution in [3.05, 3.63) is 84.4 Å². The maximum atomic E-state index is 12.2. The molecule has 0 unspecified atom stereocenters. The molecular formula is C24H25N3O3. The number of carbonyl (C=O) groups excluding carboxylic acids is 2. The minimum absolute atomic E-state index is 0.115. The first-order valence-corrected chi connectivity index (χ1v) is 9.89. The summed E-state index contributed by atoms with van der Waals surface area (Å²) >= 11 is 0. The summed E-state index contributed by atoms with van der Waals surface area (Å²) < 4.78 is 5.75. The average Bonchev–Trinajstić information content (AvgIpc) is 2.78. The normalized spacial score (nSPS) is 10.2. The first-order chi connectivity index (χ1) is 14.6. The number of ether oxygens (including phenoxy) is 1. The van der Waals surface area contributed by atoms with E-state index in [0.29, 0.717) is 17.8 Å². The van der Waals surface area contributed by atoms with Gasteiger partial charge in [-0.15, -0.1) is 0 Å². The number of carbonyl (C=O) groups is 2. The van der Waals surface area contributed by atoms with Crippen LogP contribution in [-0.2, 0) is 4.79 Å². The van der Waals surface area contributed by atoms with Gasteiger partial charge in [0.05, 0.1) is 6.54 Å². The molecule has 0 bridgehead atoms. The zero-order chi connectivity index (χ0) is 21.2. The second-order valence-electron chi connectivity index (χ2n) is 6.67. The summed E-state index contributed by atoms with van der Waals surface area (Å²) in [6, 6.07) is 23.8. The van der Waals surface area contributed by atoms with E-state index >= 15 is 0 Å². The Morgan fingerprint density at radius 3 is 2.10 bits per heavy atom. The lowest BCUT2D eigenvalue weighted by atomic mass is 10.2. The molecule has 3 aromatic carbocycles. The summed E-state index contributed by atoms with van der Waals surface area (Å²) in [6.07, 6.45) is 0.885. The lowest BCUT2D eigenvalue weighted by molar-refractivity contribution is -0.114. The van der Waals surface area contributed by atoms with Gasteiger partial charge in [0.15, 0.2) is 0 Å². The van der Waals surface area contributed by atoms with Crippen molar-refractivity contribution in [3.8, 4) is 11.5 Å². The highest BCUT2D eigenvalue weighted by Gasteiger charge is 2.06. The molecule has 0 heterocycles. The third kappa shape index (κ3) is 6.38. The van der Waals surface area contributed by atoms with Gasteiger partial charge in [0.2, 0.25) is 5.91 Å². The molecule has 3 rings (SSSR count). The number of hydrogen-bond acceptors (Lipinski definition) is 4. The van der Waals surface area contributed by atoms with E-state index in [0.717, 1.165) is 23.6 Å². The molecule has 0 saturated heterocycles. The Labute approximate surface area is 176 Å². The number of anilines is 2. The smallest absolute Gasteiger partial charge is 0.251 e. The summed E-state index contributed by atoms with van der Waals surface area (Å²) in [7, 11) is 0. The van der Waals surface area contributed by atoms with Crippen LogP contribution in [-0.4, -0.2) is 24.9 Å². The second-order valence-corrected chi connectivity index (χ2v) is 6.67. The molecule has 6 heteroatoms. The standard InChI is InChI=1S/C24H25N3O3/c1-2-16-25-24(29)18-8-10-20(11-9-18)27-23(28)17-26-19-12-14-22(15-13-19)30-21-6-4-3-5-7-21/h3-15,26H,2,16-17H2,1H3,(H,25,29)(H,27,28). The van der Waals surface area contributed by atoms with Crippen molar-refractivity contribution in [1.29, 1.82) is 0 Å². The van der Waals surface area contributed by atoms with Crippen LogP contribution in [0.25, 0.3) is 0 Å². The lowest BCUT2D eigenvalue weighted by Crippen LogP contribution is -2.24. The predicted octanol–water partition coefficient (Wildman–Crippen LogP) is 4.67. The molecule has 2 amide bonds. The van der Waals surface area contributed by atoms with E-state index in [4.69, 9.17) is 4.74 Å². The van der Waals surface area contributed by atoms with E-state index in [9.17, 15) is 9.59 Å². The molecule has 30 heavy (non-hydrogen) atoms. The van der Waals surface area contributed by atoms with E-state index < -0.39 is 0 Å². The van der Waals surface area contributed by atoms with Crippen LogP contribution in [0.15, 0.2) is 78.9 Å². The van der Waals surface area contributed by atoms with Crippen molar-refractivity contribution in [1.82, 2.24) is 5.32 Å². The topological polar surface area (TPSA) is 79.5 Å². The highest BCUT2D eigenvalue weighted by atomic mass is 16.5. The Kier molecular flexibility index (Phi) is 7.44. The molecule has 154 valence electrons. The van der Waals surface area contributed by atoms with Gasteiger partial charge < -0.3 is 20.7 Å². The quantitative estimate of drug-likeness (QED) is 0.485. The van der Waals surface area contributed by atoms with Crippen LogP contribution in [0.1, 0.15) is 23.7 Å². The van der Waals surface area contributed by atoms with E-state index in [1.165, 1.54) is 0 Å². The summed E-state index contributed by atoms with van der Waals surface area (Å²) in [5, 5.41) is 8.70. The first-order valence-electron chi connectivity index (χ1n) is 9.89. The number of benzene rings is 3. The lowest BCUT2D eigenvalue weighted by Gasteiger charge is -2.10. The fraction of sp³-hybridized carbons (Fsp3) is 0.167. The van der Waals surface area contributed by atoms with E-state index in [-0.39, 0.29) is 18.4 Å². The zero-order valence-electron chi connectivity index (χ0n) is 16.9. The molecule has 0 atom stereocenters. The average molecular weight is 403 g/mol. The molecule has 0 fully saturated rings. The van der Waals surface area contributed by atoms with E-state index in [1.807, 2.05) is 61.5 Å². The summed E-state index contributed by atoms with van der Waals surface area (Å²) in [4.78, 5) is 24.1. The van der Waals surface area contributed by atoms with Gasteiger partial charge >= 0.3 is 0 Å². The van der Waals surface area contributed by atoms with Crippen LogP contribution in [0, 0.1) is 0 Å². The van der Waals surface area contributed by atoms with Crippen molar-refractivity contribution >= 4 is 23.2 Å². The van der Waals surface area contributed by atoms with Gasteiger partial charge in [-0.1, -0.05) is 25.1 Å². The van der Waals surface area contributed by atoms with Crippen LogP contribution in [0.5, 0.6) is 11.5 Å². The summed E-state index contributed by atoms with van der Waals surface area (Å²) in [5.41, 5.74) is 2.02. The maximum Gasteiger partial charge on any atom is 0.251 e. The molecule has 0 aliphatic heterocycles. The Balaban J connectivity index is 1.45. The van der Waals surface area contributed by atoms with Gasteiger partial charge in [-0.25, -0.2) is 0 Å². The van der Waals surface area contributed by atoms with Gasteiger partial charge in [0.1, 0.15) is 11.5 Å². The van der Waals surface area contributed by atoms with Gasteiger partial charge in [-0.05, 0) is 67.1 Å². The Morgan fingerprint density at radius 2 is 1.43 bits per heavy atom. The SMILES string of the molecule is CCCNC(=O)c1ccc(NC(=O)CNc2ccc(Oc3ccccc3)cc2)cc1. The second kappa shape index (κ2) is 10.7. The zero-order valence-corrected chi connectivity index (χ0v) is 16.9. The molecule has 0 aromatic heterocycles. The molecular weight excluding hydrogens is 378 g/mol. The number of rotatable bonds is 9. The molecule has 0 aliphatic carbocycles. The summed E-state index contributed by atoms with van der Waals surface area (Å²) in [6.45, 7) is 2.76. The predicted molar refractivity (Wildman–Crippen MR) is 119 cm³/mol. The Bertz CT molecular complexity index is 955.